The van der Waals surface area contributed by atoms with Gasteiger partial charge in [0, 0.05) is 25.7 Å². The van der Waals surface area contributed by atoms with E-state index in [1.165, 1.54) is 148 Å². The van der Waals surface area contributed by atoms with Gasteiger partial charge in [0.1, 0.15) is 19.3 Å². The Balaban J connectivity index is 5.22. The lowest BCUT2D eigenvalue weighted by Crippen LogP contribution is -2.30. The van der Waals surface area contributed by atoms with Crippen LogP contribution >= 0.6 is 15.6 Å². The highest BCUT2D eigenvalue weighted by atomic mass is 31.2. The van der Waals surface area contributed by atoms with Crippen LogP contribution in [0.15, 0.2) is 0 Å². The van der Waals surface area contributed by atoms with E-state index in [0.29, 0.717) is 25.7 Å². The van der Waals surface area contributed by atoms with Gasteiger partial charge in [-0.1, -0.05) is 286 Å². The number of ether oxygens (including phenoxy) is 4. The molecular weight excluding hydrogens is 1140 g/mol. The lowest BCUT2D eigenvalue weighted by Gasteiger charge is -2.21. The van der Waals surface area contributed by atoms with Crippen LogP contribution in [0.2, 0.25) is 0 Å². The van der Waals surface area contributed by atoms with Crippen molar-refractivity contribution in [2.75, 3.05) is 39.6 Å². The Labute approximate surface area is 524 Å². The topological polar surface area (TPSA) is 237 Å². The van der Waals surface area contributed by atoms with Crippen LogP contribution in [0.25, 0.3) is 0 Å². The van der Waals surface area contributed by atoms with E-state index >= 15 is 0 Å². The molecule has 86 heavy (non-hydrogen) atoms. The van der Waals surface area contributed by atoms with Gasteiger partial charge >= 0.3 is 39.5 Å². The van der Waals surface area contributed by atoms with E-state index in [9.17, 15) is 43.2 Å². The summed E-state index contributed by atoms with van der Waals surface area (Å²) in [4.78, 5) is 72.3. The highest BCUT2D eigenvalue weighted by Gasteiger charge is 2.30. The summed E-state index contributed by atoms with van der Waals surface area (Å²) in [5, 5.41) is 10.5. The number of carbonyl (C=O) groups is 4. The first kappa shape index (κ1) is 84.1. The average Bonchev–Trinajstić information content (AvgIpc) is 3.69. The third-order valence-corrected chi connectivity index (χ3v) is 17.4. The van der Waals surface area contributed by atoms with Gasteiger partial charge in [-0.05, 0) is 37.5 Å². The van der Waals surface area contributed by atoms with E-state index in [4.69, 9.17) is 37.0 Å². The van der Waals surface area contributed by atoms with Gasteiger partial charge in [-0.25, -0.2) is 9.13 Å². The fraction of sp³-hybridized carbons (Fsp3) is 0.940. The van der Waals surface area contributed by atoms with Gasteiger partial charge in [-0.3, -0.25) is 37.3 Å². The van der Waals surface area contributed by atoms with E-state index < -0.39 is 97.5 Å². The van der Waals surface area contributed by atoms with Crippen LogP contribution in [-0.2, 0) is 65.4 Å². The zero-order valence-electron chi connectivity index (χ0n) is 55.6. The van der Waals surface area contributed by atoms with Gasteiger partial charge in [0.15, 0.2) is 12.2 Å². The van der Waals surface area contributed by atoms with Crippen LogP contribution in [0.3, 0.4) is 0 Å². The number of rotatable bonds is 66. The second kappa shape index (κ2) is 59.4. The number of phosphoric acid groups is 2. The summed E-state index contributed by atoms with van der Waals surface area (Å²) in [6, 6.07) is 0. The van der Waals surface area contributed by atoms with E-state index in [2.05, 4.69) is 41.5 Å². The fourth-order valence-corrected chi connectivity index (χ4v) is 11.6. The lowest BCUT2D eigenvalue weighted by atomic mass is 10.0. The first-order valence-electron chi connectivity index (χ1n) is 35.0. The SMILES string of the molecule is CCCCCCCCCCCCC(=O)O[C@H](COC(=O)CCCCCCCCCC)COP(=O)(O)OC[C@H](O)COP(=O)(O)OC[C@@H](COC(=O)CCCCCCCCCCCC(C)C)OC(=O)CCCCCCCCCCCCCCCC(C)C. The first-order chi connectivity index (χ1) is 41.4. The molecule has 0 aliphatic carbocycles. The van der Waals surface area contributed by atoms with Gasteiger partial charge in [0.2, 0.25) is 0 Å². The minimum Gasteiger partial charge on any atom is -0.462 e. The molecule has 0 aliphatic rings. The molecule has 0 heterocycles. The molecule has 0 aliphatic heterocycles. The number of hydrogen-bond acceptors (Lipinski definition) is 15. The summed E-state index contributed by atoms with van der Waals surface area (Å²) in [6.07, 6.45) is 43.0. The zero-order valence-corrected chi connectivity index (χ0v) is 57.4. The van der Waals surface area contributed by atoms with E-state index in [-0.39, 0.29) is 25.7 Å². The van der Waals surface area contributed by atoms with E-state index in [1.807, 2.05) is 0 Å². The number of hydrogen-bond donors (Lipinski definition) is 3. The molecule has 0 saturated heterocycles. The van der Waals surface area contributed by atoms with Crippen LogP contribution < -0.4 is 0 Å². The summed E-state index contributed by atoms with van der Waals surface area (Å²) >= 11 is 0. The van der Waals surface area contributed by atoms with Crippen LogP contribution in [0, 0.1) is 11.8 Å². The minimum absolute atomic E-state index is 0.106. The molecule has 0 bridgehead atoms. The molecule has 17 nitrogen and oxygen atoms in total. The van der Waals surface area contributed by atoms with Crippen LogP contribution in [0.5, 0.6) is 0 Å². The molecule has 0 radical (unpaired) electrons. The predicted molar refractivity (Wildman–Crippen MR) is 345 cm³/mol. The molecular formula is C67H130O17P2. The van der Waals surface area contributed by atoms with Crippen molar-refractivity contribution in [1.29, 1.82) is 0 Å². The van der Waals surface area contributed by atoms with Crippen LogP contribution in [-0.4, -0.2) is 96.7 Å². The predicted octanol–water partition coefficient (Wildman–Crippen LogP) is 18.8. The summed E-state index contributed by atoms with van der Waals surface area (Å²) in [5.41, 5.74) is 0. The second-order valence-electron chi connectivity index (χ2n) is 25.2. The molecule has 0 amide bonds. The standard InChI is InChI=1S/C67H130O17P2/c1-7-9-11-13-15-17-26-33-39-45-51-66(71)83-62(55-77-64(69)49-43-37-31-16-14-12-10-8-2)57-81-85(73,74)79-53-61(68)54-80-86(75,76)82-58-63(56-78-65(70)50-44-38-32-28-23-25-30-36-42-48-60(5)6)84-67(72)52-46-40-34-27-22-20-18-19-21-24-29-35-41-47-59(3)4/h59-63,68H,7-58H2,1-6H3,(H,73,74)(H,75,76)/t61-,62+,63+/m0/s1. The smallest absolute Gasteiger partial charge is 0.462 e. The van der Waals surface area contributed by atoms with Gasteiger partial charge < -0.3 is 33.8 Å². The average molecular weight is 1270 g/mol. The maximum Gasteiger partial charge on any atom is 0.472 e. The summed E-state index contributed by atoms with van der Waals surface area (Å²) in [6.45, 7) is 9.49. The molecule has 0 aromatic heterocycles. The Bertz CT molecular complexity index is 1680. The third kappa shape index (κ3) is 60.9. The molecule has 0 fully saturated rings. The monoisotopic (exact) mass is 1270 g/mol. The Hall–Kier alpha value is -1.94. The summed E-state index contributed by atoms with van der Waals surface area (Å²) < 4.78 is 68.1. The number of unbranched alkanes of at least 4 members (excludes halogenated alkanes) is 36. The molecule has 3 N–H and O–H groups in total. The molecule has 0 aromatic carbocycles. The Morgan fingerprint density at radius 3 is 0.791 bits per heavy atom. The van der Waals surface area contributed by atoms with Crippen molar-refractivity contribution in [2.45, 2.75) is 355 Å². The maximum absolute atomic E-state index is 13.0. The van der Waals surface area contributed by atoms with Crippen molar-refractivity contribution < 1.29 is 80.2 Å². The molecule has 5 atom stereocenters. The maximum atomic E-state index is 13.0. The lowest BCUT2D eigenvalue weighted by molar-refractivity contribution is -0.161. The summed E-state index contributed by atoms with van der Waals surface area (Å²) in [5.74, 6) is -0.601. The number of phosphoric ester groups is 2. The third-order valence-electron chi connectivity index (χ3n) is 15.5. The van der Waals surface area contributed by atoms with Crippen molar-refractivity contribution in [1.82, 2.24) is 0 Å². The van der Waals surface area contributed by atoms with Crippen molar-refractivity contribution in [2.24, 2.45) is 11.8 Å². The minimum atomic E-state index is -4.95. The largest absolute Gasteiger partial charge is 0.472 e. The molecule has 0 spiro atoms. The molecule has 0 aromatic rings. The van der Waals surface area contributed by atoms with Crippen LogP contribution in [0.4, 0.5) is 0 Å². The highest BCUT2D eigenvalue weighted by molar-refractivity contribution is 7.47. The van der Waals surface area contributed by atoms with Crippen molar-refractivity contribution in [3.63, 3.8) is 0 Å². The summed E-state index contributed by atoms with van der Waals surface area (Å²) in [7, 11) is -9.89. The van der Waals surface area contributed by atoms with E-state index in [0.717, 1.165) is 108 Å². The molecule has 0 rings (SSSR count). The Kier molecular flexibility index (Phi) is 58.0. The quantitative estimate of drug-likeness (QED) is 0.0222. The van der Waals surface area contributed by atoms with Gasteiger partial charge in [0.05, 0.1) is 26.4 Å². The van der Waals surface area contributed by atoms with Crippen molar-refractivity contribution >= 4 is 39.5 Å². The normalized spacial score (nSPS) is 14.2. The highest BCUT2D eigenvalue weighted by Crippen LogP contribution is 2.45. The molecule has 19 heteroatoms. The van der Waals surface area contributed by atoms with Gasteiger partial charge in [-0.15, -0.1) is 0 Å². The first-order valence-corrected chi connectivity index (χ1v) is 38.0. The fourth-order valence-electron chi connectivity index (χ4n) is 10.1. The molecule has 2 unspecified atom stereocenters. The number of carbonyl (C=O) groups excluding carboxylic acids is 4. The Morgan fingerprint density at radius 1 is 0.314 bits per heavy atom. The second-order valence-corrected chi connectivity index (χ2v) is 28.1. The zero-order chi connectivity index (χ0) is 63.6. The molecule has 510 valence electrons. The van der Waals surface area contributed by atoms with Gasteiger partial charge in [-0.2, -0.15) is 0 Å². The number of aliphatic hydroxyl groups is 1. The van der Waals surface area contributed by atoms with Gasteiger partial charge in [0.25, 0.3) is 0 Å². The number of esters is 4. The van der Waals surface area contributed by atoms with Crippen molar-refractivity contribution in [3.8, 4) is 0 Å². The van der Waals surface area contributed by atoms with Crippen LogP contribution in [0.1, 0.15) is 337 Å². The van der Waals surface area contributed by atoms with E-state index in [1.54, 1.807) is 0 Å². The van der Waals surface area contributed by atoms with Crippen molar-refractivity contribution in [3.05, 3.63) is 0 Å². The Morgan fingerprint density at radius 2 is 0.535 bits per heavy atom. The number of aliphatic hydroxyl groups excluding tert-OH is 1. The molecule has 0 saturated carbocycles.